The first-order valence-electron chi connectivity index (χ1n) is 10.7. The Hall–Kier alpha value is -3.45. The number of nitro benzene ring substituents is 1. The third kappa shape index (κ3) is 4.16. The van der Waals surface area contributed by atoms with Gasteiger partial charge in [0, 0.05) is 41.8 Å². The van der Waals surface area contributed by atoms with Crippen LogP contribution in [-0.4, -0.2) is 30.1 Å². The predicted molar refractivity (Wildman–Crippen MR) is 123 cm³/mol. The van der Waals surface area contributed by atoms with Crippen molar-refractivity contribution in [2.45, 2.75) is 38.2 Å². The zero-order chi connectivity index (χ0) is 22.7. The number of hydrogen-bond acceptors (Lipinski definition) is 5. The van der Waals surface area contributed by atoms with Gasteiger partial charge < -0.3 is 14.8 Å². The van der Waals surface area contributed by atoms with Gasteiger partial charge in [-0.3, -0.25) is 14.9 Å². The van der Waals surface area contributed by atoms with E-state index < -0.39 is 10.3 Å². The molecule has 1 aliphatic heterocycles. The largest absolute Gasteiger partial charge is 0.490 e. The summed E-state index contributed by atoms with van der Waals surface area (Å²) < 4.78 is 11.5. The molecule has 1 aliphatic rings. The van der Waals surface area contributed by atoms with E-state index in [1.54, 1.807) is 12.1 Å². The Morgan fingerprint density at radius 2 is 1.69 bits per heavy atom. The molecule has 166 valence electrons. The molecule has 1 heterocycles. The average molecular weight is 434 g/mol. The number of anilines is 1. The van der Waals surface area contributed by atoms with Crippen molar-refractivity contribution in [1.29, 1.82) is 0 Å². The van der Waals surface area contributed by atoms with Crippen LogP contribution >= 0.6 is 0 Å². The molecular formula is C25H26N2O5. The highest BCUT2D eigenvalue weighted by Gasteiger charge is 2.42. The van der Waals surface area contributed by atoms with Crippen LogP contribution in [0.1, 0.15) is 32.3 Å². The van der Waals surface area contributed by atoms with E-state index in [-0.39, 0.29) is 17.7 Å². The maximum Gasteiger partial charge on any atom is 0.269 e. The van der Waals surface area contributed by atoms with Gasteiger partial charge in [-0.1, -0.05) is 36.4 Å². The minimum absolute atomic E-state index is 0.00287. The van der Waals surface area contributed by atoms with E-state index in [0.717, 1.165) is 22.1 Å². The van der Waals surface area contributed by atoms with Crippen LogP contribution in [0.15, 0.2) is 60.7 Å². The van der Waals surface area contributed by atoms with E-state index in [0.29, 0.717) is 31.7 Å². The highest BCUT2D eigenvalue weighted by Crippen LogP contribution is 2.38. The highest BCUT2D eigenvalue weighted by molar-refractivity contribution is 6.07. The molecular weight excluding hydrogens is 408 g/mol. The second kappa shape index (κ2) is 8.96. The second-order valence-electron chi connectivity index (χ2n) is 8.28. The van der Waals surface area contributed by atoms with Crippen molar-refractivity contribution in [3.8, 4) is 5.75 Å². The number of fused-ring (bicyclic) bond motifs is 1. The third-order valence-electron chi connectivity index (χ3n) is 5.91. The summed E-state index contributed by atoms with van der Waals surface area (Å²) in [7, 11) is 0. The normalized spacial score (nSPS) is 15.5. The topological polar surface area (TPSA) is 90.7 Å². The minimum Gasteiger partial charge on any atom is -0.490 e. The van der Waals surface area contributed by atoms with Gasteiger partial charge in [-0.05, 0) is 44.4 Å². The molecule has 1 saturated heterocycles. The summed E-state index contributed by atoms with van der Waals surface area (Å²) in [5.74, 6) is 0.627. The Balaban J connectivity index is 1.70. The van der Waals surface area contributed by atoms with Gasteiger partial charge >= 0.3 is 0 Å². The fraction of sp³-hybridized carbons (Fsp3) is 0.320. The van der Waals surface area contributed by atoms with E-state index in [9.17, 15) is 14.9 Å². The lowest BCUT2D eigenvalue weighted by Gasteiger charge is -2.36. The summed E-state index contributed by atoms with van der Waals surface area (Å²) in [4.78, 5) is 24.3. The van der Waals surface area contributed by atoms with Crippen molar-refractivity contribution in [3.05, 3.63) is 76.3 Å². The van der Waals surface area contributed by atoms with Crippen molar-refractivity contribution in [2.75, 3.05) is 18.5 Å². The molecule has 0 saturated carbocycles. The highest BCUT2D eigenvalue weighted by atomic mass is 16.6. The van der Waals surface area contributed by atoms with Gasteiger partial charge in [-0.15, -0.1) is 0 Å². The Bertz CT molecular complexity index is 1130. The molecule has 0 bridgehead atoms. The van der Waals surface area contributed by atoms with Crippen molar-refractivity contribution in [2.24, 2.45) is 0 Å². The molecule has 1 fully saturated rings. The molecule has 0 atom stereocenters. The second-order valence-corrected chi connectivity index (χ2v) is 8.28. The smallest absolute Gasteiger partial charge is 0.269 e. The lowest BCUT2D eigenvalue weighted by atomic mass is 9.73. The zero-order valence-corrected chi connectivity index (χ0v) is 18.2. The van der Waals surface area contributed by atoms with E-state index in [4.69, 9.17) is 9.47 Å². The van der Waals surface area contributed by atoms with Crippen LogP contribution in [0, 0.1) is 10.1 Å². The lowest BCUT2D eigenvalue weighted by molar-refractivity contribution is -0.384. The van der Waals surface area contributed by atoms with Gasteiger partial charge in [0.15, 0.2) is 0 Å². The number of nitro groups is 1. The number of hydrogen-bond donors (Lipinski definition) is 1. The molecule has 0 spiro atoms. The van der Waals surface area contributed by atoms with Crippen LogP contribution in [0.5, 0.6) is 5.75 Å². The molecule has 32 heavy (non-hydrogen) atoms. The van der Waals surface area contributed by atoms with Crippen molar-refractivity contribution >= 4 is 28.1 Å². The first-order valence-corrected chi connectivity index (χ1v) is 10.7. The first-order chi connectivity index (χ1) is 15.4. The van der Waals surface area contributed by atoms with Gasteiger partial charge in [0.2, 0.25) is 5.91 Å². The fourth-order valence-electron chi connectivity index (χ4n) is 4.25. The van der Waals surface area contributed by atoms with Crippen LogP contribution in [0.2, 0.25) is 0 Å². The molecule has 0 aromatic heterocycles. The van der Waals surface area contributed by atoms with E-state index >= 15 is 0 Å². The summed E-state index contributed by atoms with van der Waals surface area (Å²) in [6.45, 7) is 4.85. The number of ether oxygens (including phenoxy) is 2. The molecule has 7 heteroatoms. The summed E-state index contributed by atoms with van der Waals surface area (Å²) >= 11 is 0. The number of carbonyl (C=O) groups is 1. The summed E-state index contributed by atoms with van der Waals surface area (Å²) in [6.07, 6.45) is 1.04. The number of rotatable bonds is 6. The van der Waals surface area contributed by atoms with Crippen molar-refractivity contribution < 1.29 is 19.2 Å². The standard InChI is InChI=1S/C25H26N2O5/c1-17(2)32-23-12-11-22(20-5-3-4-6-21(20)23)26-24(28)25(13-15-31-16-14-25)18-7-9-19(10-8-18)27(29)30/h3-12,17H,13-16H2,1-2H3,(H,26,28). The molecule has 3 aromatic rings. The maximum atomic E-state index is 13.7. The zero-order valence-electron chi connectivity index (χ0n) is 18.2. The SMILES string of the molecule is CC(C)Oc1ccc(NC(=O)C2(c3ccc([N+](=O)[O-])cc3)CCOCC2)c2ccccc12. The fourth-order valence-corrected chi connectivity index (χ4v) is 4.25. The summed E-state index contributed by atoms with van der Waals surface area (Å²) in [5, 5.41) is 16.0. The quantitative estimate of drug-likeness (QED) is 0.424. The molecule has 1 amide bonds. The monoisotopic (exact) mass is 434 g/mol. The summed E-state index contributed by atoms with van der Waals surface area (Å²) in [6, 6.07) is 17.8. The van der Waals surface area contributed by atoms with Crippen molar-refractivity contribution in [3.63, 3.8) is 0 Å². The molecule has 3 aromatic carbocycles. The predicted octanol–water partition coefficient (Wildman–Crippen LogP) is 5.22. The molecule has 1 N–H and O–H groups in total. The molecule has 7 nitrogen and oxygen atoms in total. The van der Waals surface area contributed by atoms with E-state index in [2.05, 4.69) is 5.32 Å². The number of nitrogens with one attached hydrogen (secondary N) is 1. The van der Waals surface area contributed by atoms with Crippen LogP contribution < -0.4 is 10.1 Å². The first kappa shape index (κ1) is 21.8. The number of benzene rings is 3. The Labute approximate surface area is 186 Å². The van der Waals surface area contributed by atoms with Crippen LogP contribution in [0.3, 0.4) is 0 Å². The number of non-ortho nitro benzene ring substituents is 1. The van der Waals surface area contributed by atoms with E-state index in [1.807, 2.05) is 50.2 Å². The molecule has 0 radical (unpaired) electrons. The molecule has 0 unspecified atom stereocenters. The third-order valence-corrected chi connectivity index (χ3v) is 5.91. The van der Waals surface area contributed by atoms with Crippen molar-refractivity contribution in [1.82, 2.24) is 0 Å². The number of carbonyl (C=O) groups excluding carboxylic acids is 1. The van der Waals surface area contributed by atoms with Gasteiger partial charge in [0.1, 0.15) is 5.75 Å². The van der Waals surface area contributed by atoms with Crippen LogP contribution in [0.25, 0.3) is 10.8 Å². The number of nitrogens with zero attached hydrogens (tertiary/aromatic N) is 1. The Kier molecular flexibility index (Phi) is 6.10. The lowest BCUT2D eigenvalue weighted by Crippen LogP contribution is -2.44. The Morgan fingerprint density at radius 1 is 1.03 bits per heavy atom. The van der Waals surface area contributed by atoms with Crippen LogP contribution in [0.4, 0.5) is 11.4 Å². The average Bonchev–Trinajstić information content (AvgIpc) is 2.81. The minimum atomic E-state index is -0.818. The van der Waals surface area contributed by atoms with Gasteiger partial charge in [-0.25, -0.2) is 0 Å². The van der Waals surface area contributed by atoms with Gasteiger partial charge in [0.05, 0.1) is 16.4 Å². The van der Waals surface area contributed by atoms with E-state index in [1.165, 1.54) is 12.1 Å². The van der Waals surface area contributed by atoms with Gasteiger partial charge in [-0.2, -0.15) is 0 Å². The Morgan fingerprint density at radius 3 is 2.31 bits per heavy atom. The number of amides is 1. The molecule has 4 rings (SSSR count). The van der Waals surface area contributed by atoms with Gasteiger partial charge in [0.25, 0.3) is 5.69 Å². The summed E-state index contributed by atoms with van der Waals surface area (Å²) in [5.41, 5.74) is 0.646. The maximum absolute atomic E-state index is 13.7. The molecule has 0 aliphatic carbocycles. The van der Waals surface area contributed by atoms with Crippen LogP contribution in [-0.2, 0) is 14.9 Å².